The number of rotatable bonds is 6. The van der Waals surface area contributed by atoms with E-state index in [-0.39, 0.29) is 6.42 Å². The molecule has 7 heteroatoms. The molecule has 86 valence electrons. The van der Waals surface area contributed by atoms with Gasteiger partial charge in [0.1, 0.15) is 6.04 Å². The predicted molar refractivity (Wildman–Crippen MR) is 57.3 cm³/mol. The first kappa shape index (κ1) is 13.9. The van der Waals surface area contributed by atoms with Crippen LogP contribution in [-0.4, -0.2) is 27.8 Å². The summed E-state index contributed by atoms with van der Waals surface area (Å²) in [7, 11) is 0. The summed E-state index contributed by atoms with van der Waals surface area (Å²) in [6.45, 7) is 4.63. The van der Waals surface area contributed by atoms with Crippen LogP contribution in [0, 0.1) is 4.91 Å². The lowest BCUT2D eigenvalue weighted by Crippen LogP contribution is -2.43. The Morgan fingerprint density at radius 3 is 2.40 bits per heavy atom. The summed E-state index contributed by atoms with van der Waals surface area (Å²) in [6.07, 6.45) is 0.137. The first-order chi connectivity index (χ1) is 6.78. The van der Waals surface area contributed by atoms with Crippen molar-refractivity contribution in [1.82, 2.24) is 5.32 Å². The van der Waals surface area contributed by atoms with Gasteiger partial charge in [0.25, 0.3) is 0 Å². The average Bonchev–Trinajstić information content (AvgIpc) is 2.00. The normalized spacial score (nSPS) is 13.0. The van der Waals surface area contributed by atoms with E-state index in [0.717, 1.165) is 11.9 Å². The number of nitroso groups, excluding NO2 is 1. The zero-order valence-corrected chi connectivity index (χ0v) is 9.63. The minimum Gasteiger partial charge on any atom is -0.480 e. The van der Waals surface area contributed by atoms with Crippen molar-refractivity contribution in [3.8, 4) is 0 Å². The first-order valence-electron chi connectivity index (χ1n) is 4.29. The molecule has 15 heavy (non-hydrogen) atoms. The maximum absolute atomic E-state index is 10.8. The highest BCUT2D eigenvalue weighted by atomic mass is 32.2. The third kappa shape index (κ3) is 6.05. The summed E-state index contributed by atoms with van der Waals surface area (Å²) in [5.74, 6) is -1.54. The minimum absolute atomic E-state index is 0.137. The van der Waals surface area contributed by atoms with Gasteiger partial charge < -0.3 is 10.4 Å². The number of carboxylic acids is 1. The Morgan fingerprint density at radius 2 is 2.07 bits per heavy atom. The van der Waals surface area contributed by atoms with Crippen molar-refractivity contribution < 1.29 is 14.7 Å². The van der Waals surface area contributed by atoms with E-state index in [1.165, 1.54) is 6.92 Å². The number of amides is 1. The third-order valence-electron chi connectivity index (χ3n) is 1.66. The summed E-state index contributed by atoms with van der Waals surface area (Å²) in [5, 5.41) is 11.1. The zero-order chi connectivity index (χ0) is 12.1. The standard InChI is InChI=1S/C8H14N2O4S/c1-5(11)9-6(7(12)13)4-8(2,3)15-10-14/h6H,4H2,1-3H3,(H,9,11)(H,12,13). The van der Waals surface area contributed by atoms with Crippen LogP contribution in [0.25, 0.3) is 0 Å². The van der Waals surface area contributed by atoms with Crippen molar-refractivity contribution in [1.29, 1.82) is 0 Å². The van der Waals surface area contributed by atoms with E-state index in [0.29, 0.717) is 0 Å². The number of hydrogen-bond acceptors (Lipinski definition) is 5. The van der Waals surface area contributed by atoms with Gasteiger partial charge in [-0.25, -0.2) is 4.79 Å². The fraction of sp³-hybridized carbons (Fsp3) is 0.750. The molecule has 0 bridgehead atoms. The summed E-state index contributed by atoms with van der Waals surface area (Å²) >= 11 is 0.761. The van der Waals surface area contributed by atoms with Gasteiger partial charge in [0.2, 0.25) is 5.91 Å². The average molecular weight is 234 g/mol. The van der Waals surface area contributed by atoms with Crippen molar-refractivity contribution in [3.05, 3.63) is 4.91 Å². The lowest BCUT2D eigenvalue weighted by Gasteiger charge is -2.23. The molecule has 1 atom stereocenters. The fourth-order valence-corrected chi connectivity index (χ4v) is 1.52. The van der Waals surface area contributed by atoms with E-state index < -0.39 is 22.7 Å². The second kappa shape index (κ2) is 5.69. The SMILES string of the molecule is CC(=O)NC(CC(C)(C)SN=O)C(=O)O. The van der Waals surface area contributed by atoms with Crippen LogP contribution in [0.4, 0.5) is 0 Å². The largest absolute Gasteiger partial charge is 0.480 e. The number of carbonyl (C=O) groups excluding carboxylic acids is 1. The molecule has 0 rings (SSSR count). The van der Waals surface area contributed by atoms with E-state index >= 15 is 0 Å². The molecule has 1 amide bonds. The van der Waals surface area contributed by atoms with Crippen LogP contribution in [0.3, 0.4) is 0 Å². The van der Waals surface area contributed by atoms with E-state index in [4.69, 9.17) is 5.11 Å². The highest BCUT2D eigenvalue weighted by Crippen LogP contribution is 2.29. The van der Waals surface area contributed by atoms with Gasteiger partial charge in [-0.15, -0.1) is 4.91 Å². The molecule has 0 spiro atoms. The Kier molecular flexibility index (Phi) is 5.27. The minimum atomic E-state index is -1.12. The molecular weight excluding hydrogens is 220 g/mol. The number of carbonyl (C=O) groups is 2. The molecule has 0 aromatic carbocycles. The third-order valence-corrected chi connectivity index (χ3v) is 2.39. The molecule has 0 radical (unpaired) electrons. The highest BCUT2D eigenvalue weighted by Gasteiger charge is 2.29. The Hall–Kier alpha value is -1.11. The lowest BCUT2D eigenvalue weighted by atomic mass is 10.0. The molecule has 0 aromatic heterocycles. The van der Waals surface area contributed by atoms with Crippen molar-refractivity contribution in [2.45, 2.75) is 38.0 Å². The number of nitrogens with one attached hydrogen (secondary N) is 1. The maximum Gasteiger partial charge on any atom is 0.326 e. The van der Waals surface area contributed by atoms with Crippen molar-refractivity contribution in [2.75, 3.05) is 0 Å². The summed E-state index contributed by atoms with van der Waals surface area (Å²) in [4.78, 5) is 31.6. The molecular formula is C8H14N2O4S. The van der Waals surface area contributed by atoms with Crippen LogP contribution in [0.2, 0.25) is 0 Å². The topological polar surface area (TPSA) is 95.8 Å². The Bertz CT molecular complexity index is 267. The van der Waals surface area contributed by atoms with Crippen LogP contribution in [0.5, 0.6) is 0 Å². The van der Waals surface area contributed by atoms with Crippen molar-refractivity contribution in [3.63, 3.8) is 0 Å². The number of nitrogens with zero attached hydrogens (tertiary/aromatic N) is 1. The highest BCUT2D eigenvalue weighted by molar-refractivity contribution is 7.99. The maximum atomic E-state index is 10.8. The van der Waals surface area contributed by atoms with Crippen LogP contribution >= 0.6 is 11.9 Å². The molecule has 2 N–H and O–H groups in total. The lowest BCUT2D eigenvalue weighted by molar-refractivity contribution is -0.141. The van der Waals surface area contributed by atoms with Gasteiger partial charge in [-0.05, 0) is 20.3 Å². The smallest absolute Gasteiger partial charge is 0.326 e. The van der Waals surface area contributed by atoms with Gasteiger partial charge in [0.05, 0.1) is 0 Å². The first-order valence-corrected chi connectivity index (χ1v) is 5.06. The molecule has 0 aliphatic carbocycles. The zero-order valence-electron chi connectivity index (χ0n) is 8.81. The van der Waals surface area contributed by atoms with Crippen LogP contribution in [-0.2, 0) is 9.59 Å². The van der Waals surface area contributed by atoms with Gasteiger partial charge in [-0.1, -0.05) is 0 Å². The van der Waals surface area contributed by atoms with Crippen LogP contribution in [0.1, 0.15) is 27.2 Å². The molecule has 0 fully saturated rings. The van der Waals surface area contributed by atoms with Crippen LogP contribution < -0.4 is 5.32 Å². The van der Waals surface area contributed by atoms with E-state index in [1.54, 1.807) is 13.8 Å². The monoisotopic (exact) mass is 234 g/mol. The Morgan fingerprint density at radius 1 is 1.53 bits per heavy atom. The van der Waals surface area contributed by atoms with Gasteiger partial charge in [-0.2, -0.15) is 0 Å². The van der Waals surface area contributed by atoms with Crippen molar-refractivity contribution >= 4 is 23.8 Å². The number of hydrogen-bond donors (Lipinski definition) is 2. The van der Waals surface area contributed by atoms with Gasteiger partial charge in [0, 0.05) is 28.2 Å². The molecule has 0 aliphatic rings. The van der Waals surface area contributed by atoms with Crippen molar-refractivity contribution in [2.24, 2.45) is 4.58 Å². The Balaban J connectivity index is 4.46. The molecule has 0 saturated heterocycles. The summed E-state index contributed by atoms with van der Waals surface area (Å²) in [6, 6.07) is -0.994. The fourth-order valence-electron chi connectivity index (χ4n) is 1.08. The predicted octanol–water partition coefficient (Wildman–Crippen LogP) is 1.16. The number of aliphatic carboxylic acids is 1. The van der Waals surface area contributed by atoms with E-state index in [2.05, 4.69) is 9.90 Å². The molecule has 0 heterocycles. The van der Waals surface area contributed by atoms with Gasteiger partial charge in [-0.3, -0.25) is 4.79 Å². The Labute approximate surface area is 91.9 Å². The van der Waals surface area contributed by atoms with E-state index in [9.17, 15) is 14.5 Å². The second-order valence-corrected chi connectivity index (χ2v) is 5.16. The van der Waals surface area contributed by atoms with E-state index in [1.807, 2.05) is 0 Å². The van der Waals surface area contributed by atoms with Gasteiger partial charge >= 0.3 is 5.97 Å². The molecule has 6 nitrogen and oxygen atoms in total. The second-order valence-electron chi connectivity index (χ2n) is 3.72. The van der Waals surface area contributed by atoms with Crippen LogP contribution in [0.15, 0.2) is 4.58 Å². The molecule has 0 aromatic rings. The molecule has 1 unspecified atom stereocenters. The molecule has 0 saturated carbocycles. The quantitative estimate of drug-likeness (QED) is 0.531. The molecule has 0 aliphatic heterocycles. The summed E-state index contributed by atoms with van der Waals surface area (Å²) < 4.78 is 2.04. The summed E-state index contributed by atoms with van der Waals surface area (Å²) in [5.41, 5.74) is 0. The van der Waals surface area contributed by atoms with Gasteiger partial charge in [0.15, 0.2) is 0 Å². The number of carboxylic acid groups (broad SMARTS) is 1.